The van der Waals surface area contributed by atoms with Crippen LogP contribution in [-0.2, 0) is 4.74 Å². The van der Waals surface area contributed by atoms with Crippen LogP contribution in [0, 0.1) is 11.7 Å². The highest BCUT2D eigenvalue weighted by Crippen LogP contribution is 2.50. The molecule has 2 nitrogen and oxygen atoms in total. The van der Waals surface area contributed by atoms with Gasteiger partial charge < -0.3 is 10.1 Å². The molecule has 0 unspecified atom stereocenters. The number of hydrogen-bond donors (Lipinski definition) is 1. The summed E-state index contributed by atoms with van der Waals surface area (Å²) >= 11 is 5.93. The molecule has 1 fully saturated rings. The Morgan fingerprint density at radius 3 is 2.81 bits per heavy atom. The van der Waals surface area contributed by atoms with Crippen molar-refractivity contribution in [1.82, 2.24) is 0 Å². The zero-order chi connectivity index (χ0) is 14.4. The van der Waals surface area contributed by atoms with E-state index in [9.17, 15) is 4.39 Å². The number of anilines is 1. The van der Waals surface area contributed by atoms with Crippen molar-refractivity contribution in [2.45, 2.75) is 18.6 Å². The smallest absolute Gasteiger partial charge is 0.142 e. The molecule has 0 aliphatic carbocycles. The second kappa shape index (κ2) is 5.00. The van der Waals surface area contributed by atoms with E-state index in [0.717, 1.165) is 17.7 Å². The van der Waals surface area contributed by atoms with Crippen LogP contribution in [0.25, 0.3) is 0 Å². The summed E-state index contributed by atoms with van der Waals surface area (Å²) < 4.78 is 19.6. The highest BCUT2D eigenvalue weighted by molar-refractivity contribution is 6.31. The van der Waals surface area contributed by atoms with Crippen LogP contribution < -0.4 is 5.32 Å². The molecular formula is C17H15ClFNO. The molecule has 2 aliphatic heterocycles. The molecule has 3 atom stereocenters. The number of halogens is 2. The number of ether oxygens (including phenoxy) is 1. The maximum absolute atomic E-state index is 13.8. The Hall–Kier alpha value is -1.58. The molecule has 4 rings (SSSR count). The van der Waals surface area contributed by atoms with Gasteiger partial charge in [-0.3, -0.25) is 0 Å². The van der Waals surface area contributed by atoms with Crippen molar-refractivity contribution in [1.29, 1.82) is 0 Å². The zero-order valence-electron chi connectivity index (χ0n) is 11.4. The summed E-state index contributed by atoms with van der Waals surface area (Å²) in [6.45, 7) is 0.712. The minimum Gasteiger partial charge on any atom is -0.377 e. The molecule has 2 aromatic rings. The first-order valence-electron chi connectivity index (χ1n) is 7.16. The second-order valence-electron chi connectivity index (χ2n) is 5.63. The van der Waals surface area contributed by atoms with E-state index < -0.39 is 0 Å². The third-order valence-corrected chi connectivity index (χ3v) is 4.72. The lowest BCUT2D eigenvalue weighted by Gasteiger charge is -2.36. The highest BCUT2D eigenvalue weighted by Gasteiger charge is 2.41. The predicted octanol–water partition coefficient (Wildman–Crippen LogP) is 4.72. The van der Waals surface area contributed by atoms with E-state index in [1.807, 2.05) is 18.2 Å². The van der Waals surface area contributed by atoms with Crippen molar-refractivity contribution >= 4 is 17.3 Å². The van der Waals surface area contributed by atoms with Crippen LogP contribution in [0.2, 0.25) is 5.02 Å². The third-order valence-electron chi connectivity index (χ3n) is 4.43. The van der Waals surface area contributed by atoms with E-state index in [0.29, 0.717) is 12.5 Å². The Bertz CT molecular complexity index is 676. The van der Waals surface area contributed by atoms with Gasteiger partial charge in [0, 0.05) is 23.8 Å². The molecule has 0 amide bonds. The predicted molar refractivity (Wildman–Crippen MR) is 81.0 cm³/mol. The SMILES string of the molecule is Fc1cc2c(cc1Cl)N[C@H](c1ccccc1)[C@H]1CCO[C@@H]21. The van der Waals surface area contributed by atoms with Crippen LogP contribution >= 0.6 is 11.6 Å². The zero-order valence-corrected chi connectivity index (χ0v) is 12.1. The lowest BCUT2D eigenvalue weighted by Crippen LogP contribution is -2.29. The van der Waals surface area contributed by atoms with E-state index in [-0.39, 0.29) is 23.0 Å². The van der Waals surface area contributed by atoms with Gasteiger partial charge in [0.25, 0.3) is 0 Å². The van der Waals surface area contributed by atoms with Gasteiger partial charge in [-0.1, -0.05) is 41.9 Å². The van der Waals surface area contributed by atoms with Gasteiger partial charge >= 0.3 is 0 Å². The van der Waals surface area contributed by atoms with E-state index in [1.165, 1.54) is 11.6 Å². The third kappa shape index (κ3) is 2.12. The fraction of sp³-hybridized carbons (Fsp3) is 0.294. The van der Waals surface area contributed by atoms with Gasteiger partial charge in [-0.15, -0.1) is 0 Å². The van der Waals surface area contributed by atoms with Crippen LogP contribution in [0.5, 0.6) is 0 Å². The van der Waals surface area contributed by atoms with Gasteiger partial charge in [-0.2, -0.15) is 0 Å². The lowest BCUT2D eigenvalue weighted by molar-refractivity contribution is 0.0826. The summed E-state index contributed by atoms with van der Waals surface area (Å²) in [4.78, 5) is 0. The molecule has 2 heterocycles. The largest absolute Gasteiger partial charge is 0.377 e. The number of nitrogens with one attached hydrogen (secondary N) is 1. The van der Waals surface area contributed by atoms with Crippen molar-refractivity contribution < 1.29 is 9.13 Å². The maximum atomic E-state index is 13.8. The number of benzene rings is 2. The van der Waals surface area contributed by atoms with Crippen molar-refractivity contribution in [3.63, 3.8) is 0 Å². The molecule has 0 bridgehead atoms. The Morgan fingerprint density at radius 2 is 2.00 bits per heavy atom. The van der Waals surface area contributed by atoms with Crippen molar-refractivity contribution in [2.75, 3.05) is 11.9 Å². The van der Waals surface area contributed by atoms with Crippen molar-refractivity contribution in [2.24, 2.45) is 5.92 Å². The first kappa shape index (κ1) is 13.1. The average Bonchev–Trinajstić information content (AvgIpc) is 2.99. The molecule has 2 aromatic carbocycles. The fourth-order valence-corrected chi connectivity index (χ4v) is 3.62. The van der Waals surface area contributed by atoms with Crippen LogP contribution in [0.1, 0.15) is 29.7 Å². The topological polar surface area (TPSA) is 21.3 Å². The van der Waals surface area contributed by atoms with Crippen molar-refractivity contribution in [3.8, 4) is 0 Å². The molecule has 108 valence electrons. The Kier molecular flexibility index (Phi) is 3.12. The number of fused-ring (bicyclic) bond motifs is 3. The Labute approximate surface area is 127 Å². The summed E-state index contributed by atoms with van der Waals surface area (Å²) in [5.41, 5.74) is 2.98. The van der Waals surface area contributed by atoms with E-state index >= 15 is 0 Å². The molecule has 21 heavy (non-hydrogen) atoms. The summed E-state index contributed by atoms with van der Waals surface area (Å²) in [7, 11) is 0. The van der Waals surface area contributed by atoms with Crippen molar-refractivity contribution in [3.05, 3.63) is 64.4 Å². The molecule has 1 N–H and O–H groups in total. The second-order valence-corrected chi connectivity index (χ2v) is 6.04. The van der Waals surface area contributed by atoms with Gasteiger partial charge in [0.05, 0.1) is 17.2 Å². The lowest BCUT2D eigenvalue weighted by atomic mass is 9.81. The number of rotatable bonds is 1. The fourth-order valence-electron chi connectivity index (χ4n) is 3.46. The highest BCUT2D eigenvalue weighted by atomic mass is 35.5. The molecule has 0 aromatic heterocycles. The first-order valence-corrected chi connectivity index (χ1v) is 7.54. The standard InChI is InChI=1S/C17H15ClFNO/c18-13-9-15-12(8-14(13)19)17-11(6-7-21-17)16(20-15)10-4-2-1-3-5-10/h1-5,8-9,11,16-17,20H,6-7H2/t11-,16-,17-/m1/s1. The van der Waals surface area contributed by atoms with E-state index in [1.54, 1.807) is 6.07 Å². The van der Waals surface area contributed by atoms with Crippen LogP contribution in [0.3, 0.4) is 0 Å². The summed E-state index contributed by atoms with van der Waals surface area (Å²) in [6, 6.07) is 13.7. The quantitative estimate of drug-likeness (QED) is 0.823. The molecule has 4 heteroatoms. The monoisotopic (exact) mass is 303 g/mol. The normalized spacial score (nSPS) is 26.9. The molecule has 0 radical (unpaired) electrons. The van der Waals surface area contributed by atoms with E-state index in [2.05, 4.69) is 17.4 Å². The minimum atomic E-state index is -0.385. The average molecular weight is 304 g/mol. The Balaban J connectivity index is 1.81. The Morgan fingerprint density at radius 1 is 1.19 bits per heavy atom. The molecular weight excluding hydrogens is 289 g/mol. The van der Waals surface area contributed by atoms with Crippen LogP contribution in [-0.4, -0.2) is 6.61 Å². The van der Waals surface area contributed by atoms with Gasteiger partial charge in [0.2, 0.25) is 0 Å². The summed E-state index contributed by atoms with van der Waals surface area (Å²) in [5.74, 6) is -0.0647. The first-order chi connectivity index (χ1) is 10.2. The van der Waals surface area contributed by atoms with Gasteiger partial charge in [-0.25, -0.2) is 4.39 Å². The number of hydrogen-bond acceptors (Lipinski definition) is 2. The minimum absolute atomic E-state index is 0.0572. The van der Waals surface area contributed by atoms with Crippen LogP contribution in [0.15, 0.2) is 42.5 Å². The van der Waals surface area contributed by atoms with Gasteiger partial charge in [0.1, 0.15) is 5.82 Å². The van der Waals surface area contributed by atoms with Gasteiger partial charge in [-0.05, 0) is 24.1 Å². The molecule has 0 saturated carbocycles. The molecule has 2 aliphatic rings. The maximum Gasteiger partial charge on any atom is 0.142 e. The molecule has 0 spiro atoms. The summed E-state index contributed by atoms with van der Waals surface area (Å²) in [5, 5.41) is 3.66. The van der Waals surface area contributed by atoms with E-state index in [4.69, 9.17) is 16.3 Å². The van der Waals surface area contributed by atoms with Gasteiger partial charge in [0.15, 0.2) is 0 Å². The molecule has 1 saturated heterocycles. The van der Waals surface area contributed by atoms with Crippen LogP contribution in [0.4, 0.5) is 10.1 Å². The summed E-state index contributed by atoms with van der Waals surface area (Å²) in [6.07, 6.45) is 0.916.